The van der Waals surface area contributed by atoms with E-state index in [4.69, 9.17) is 14.5 Å². The van der Waals surface area contributed by atoms with Crippen LogP contribution in [0.4, 0.5) is 0 Å². The molecule has 150 valence electrons. The van der Waals surface area contributed by atoms with Gasteiger partial charge in [-0.05, 0) is 52.1 Å². The molecule has 2 atom stereocenters. The summed E-state index contributed by atoms with van der Waals surface area (Å²) in [7, 11) is 7.43. The van der Waals surface area contributed by atoms with Crippen molar-refractivity contribution in [2.75, 3.05) is 41.4 Å². The van der Waals surface area contributed by atoms with E-state index in [2.05, 4.69) is 56.5 Å². The molecule has 2 N–H and O–H groups in total. The quantitative estimate of drug-likeness (QED) is 0.324. The van der Waals surface area contributed by atoms with Crippen molar-refractivity contribution in [2.24, 2.45) is 4.99 Å². The summed E-state index contributed by atoms with van der Waals surface area (Å²) in [5.41, 5.74) is 1.14. The molecule has 0 saturated heterocycles. The Labute approximate surface area is 175 Å². The lowest BCUT2D eigenvalue weighted by molar-refractivity contribution is 0.303. The summed E-state index contributed by atoms with van der Waals surface area (Å²) in [6, 6.07) is 6.56. The highest BCUT2D eigenvalue weighted by Crippen LogP contribution is 2.31. The predicted molar refractivity (Wildman–Crippen MR) is 120 cm³/mol. The average Bonchev–Trinajstić information content (AvgIpc) is 2.61. The van der Waals surface area contributed by atoms with Crippen LogP contribution in [-0.2, 0) is 0 Å². The third-order valence-electron chi connectivity index (χ3n) is 4.18. The van der Waals surface area contributed by atoms with E-state index in [9.17, 15) is 0 Å². The van der Waals surface area contributed by atoms with E-state index in [0.29, 0.717) is 12.6 Å². The van der Waals surface area contributed by atoms with E-state index in [-0.39, 0.29) is 30.0 Å². The molecule has 1 aromatic carbocycles. The van der Waals surface area contributed by atoms with Gasteiger partial charge in [0.1, 0.15) is 0 Å². The van der Waals surface area contributed by atoms with E-state index in [1.165, 1.54) is 0 Å². The van der Waals surface area contributed by atoms with Crippen molar-refractivity contribution in [3.05, 3.63) is 23.8 Å². The van der Waals surface area contributed by atoms with Crippen LogP contribution in [0.1, 0.15) is 38.8 Å². The fraction of sp³-hybridized carbons (Fsp3) is 0.632. The molecule has 0 aliphatic rings. The summed E-state index contributed by atoms with van der Waals surface area (Å²) in [4.78, 5) is 6.94. The minimum absolute atomic E-state index is 0. The predicted octanol–water partition coefficient (Wildman–Crippen LogP) is 3.28. The summed E-state index contributed by atoms with van der Waals surface area (Å²) in [5.74, 6) is 2.32. The minimum atomic E-state index is 0. The molecule has 0 aliphatic carbocycles. The lowest BCUT2D eigenvalue weighted by atomic mass is 10.1. The molecule has 6 nitrogen and oxygen atoms in total. The van der Waals surface area contributed by atoms with Gasteiger partial charge in [0.15, 0.2) is 17.5 Å². The molecule has 1 rings (SSSR count). The Morgan fingerprint density at radius 1 is 1.15 bits per heavy atom. The smallest absolute Gasteiger partial charge is 0.191 e. The number of hydrogen-bond acceptors (Lipinski definition) is 4. The number of likely N-dealkylation sites (N-methyl/N-ethyl adjacent to an activating group) is 1. The summed E-state index contributed by atoms with van der Waals surface area (Å²) in [5, 5.41) is 6.74. The molecular weight excluding hydrogens is 443 g/mol. The topological polar surface area (TPSA) is 58.1 Å². The van der Waals surface area contributed by atoms with Crippen LogP contribution < -0.4 is 20.1 Å². The van der Waals surface area contributed by atoms with Crippen molar-refractivity contribution >= 4 is 29.9 Å². The van der Waals surface area contributed by atoms with Gasteiger partial charge in [-0.25, -0.2) is 0 Å². The van der Waals surface area contributed by atoms with Crippen LogP contribution in [0.15, 0.2) is 23.2 Å². The van der Waals surface area contributed by atoms with Crippen LogP contribution in [0.2, 0.25) is 0 Å². The number of aliphatic imine (C=N–C) groups is 1. The van der Waals surface area contributed by atoms with E-state index < -0.39 is 0 Å². The average molecular weight is 478 g/mol. The van der Waals surface area contributed by atoms with Crippen molar-refractivity contribution in [2.45, 2.75) is 39.3 Å². The van der Waals surface area contributed by atoms with Crippen molar-refractivity contribution in [3.8, 4) is 11.5 Å². The molecule has 0 heterocycles. The first kappa shape index (κ1) is 24.8. The lowest BCUT2D eigenvalue weighted by Crippen LogP contribution is -2.42. The normalized spacial score (nSPS) is 13.6. The van der Waals surface area contributed by atoms with Gasteiger partial charge in [0, 0.05) is 12.6 Å². The molecule has 0 radical (unpaired) electrons. The summed E-state index contributed by atoms with van der Waals surface area (Å²) in [6.45, 7) is 7.88. The van der Waals surface area contributed by atoms with E-state index in [1.807, 2.05) is 12.1 Å². The molecule has 0 aliphatic heterocycles. The van der Waals surface area contributed by atoms with E-state index >= 15 is 0 Å². The number of rotatable bonds is 9. The third-order valence-corrected chi connectivity index (χ3v) is 4.18. The van der Waals surface area contributed by atoms with Crippen molar-refractivity contribution in [1.82, 2.24) is 15.5 Å². The third kappa shape index (κ3) is 7.57. The van der Waals surface area contributed by atoms with Crippen LogP contribution in [-0.4, -0.2) is 58.3 Å². The molecule has 2 unspecified atom stereocenters. The summed E-state index contributed by atoms with van der Waals surface area (Å²) >= 11 is 0. The second-order valence-electron chi connectivity index (χ2n) is 6.27. The lowest BCUT2D eigenvalue weighted by Gasteiger charge is -2.25. The standard InChI is InChI=1S/C19H34N4O2.HI/c1-8-14(3)22-19(20-9-2)21-13-16(23(4)5)15-10-11-17(24-6)18(12-15)25-7;/h10-12,14,16H,8-9,13H2,1-7H3,(H2,20,21,22);1H. The number of ether oxygens (including phenoxy) is 2. The minimum Gasteiger partial charge on any atom is -0.493 e. The Morgan fingerprint density at radius 3 is 2.31 bits per heavy atom. The molecule has 0 aromatic heterocycles. The van der Waals surface area contributed by atoms with Crippen LogP contribution in [0.5, 0.6) is 11.5 Å². The van der Waals surface area contributed by atoms with Gasteiger partial charge >= 0.3 is 0 Å². The summed E-state index contributed by atoms with van der Waals surface area (Å²) < 4.78 is 10.8. The SMILES string of the molecule is CCNC(=NCC(c1ccc(OC)c(OC)c1)N(C)C)NC(C)CC.I. The summed E-state index contributed by atoms with van der Waals surface area (Å²) in [6.07, 6.45) is 1.05. The molecule has 7 heteroatoms. The zero-order valence-electron chi connectivity index (χ0n) is 17.1. The van der Waals surface area contributed by atoms with Gasteiger partial charge in [-0.2, -0.15) is 0 Å². The second-order valence-corrected chi connectivity index (χ2v) is 6.27. The van der Waals surface area contributed by atoms with E-state index in [1.54, 1.807) is 14.2 Å². The second kappa shape index (κ2) is 13.0. The Morgan fingerprint density at radius 2 is 1.81 bits per heavy atom. The number of guanidine groups is 1. The highest BCUT2D eigenvalue weighted by molar-refractivity contribution is 14.0. The van der Waals surface area contributed by atoms with Crippen molar-refractivity contribution in [3.63, 3.8) is 0 Å². The van der Waals surface area contributed by atoms with Crippen LogP contribution in [0, 0.1) is 0 Å². The van der Waals surface area contributed by atoms with Gasteiger partial charge in [-0.15, -0.1) is 24.0 Å². The van der Waals surface area contributed by atoms with Gasteiger partial charge in [0.2, 0.25) is 0 Å². The number of nitrogens with zero attached hydrogens (tertiary/aromatic N) is 2. The van der Waals surface area contributed by atoms with Crippen molar-refractivity contribution < 1.29 is 9.47 Å². The number of halogens is 1. The molecule has 0 fully saturated rings. The molecule has 0 spiro atoms. The van der Waals surface area contributed by atoms with Crippen molar-refractivity contribution in [1.29, 1.82) is 0 Å². The van der Waals surface area contributed by atoms with Gasteiger partial charge in [-0.1, -0.05) is 13.0 Å². The number of hydrogen-bond donors (Lipinski definition) is 2. The Balaban J connectivity index is 0.00000625. The molecule has 26 heavy (non-hydrogen) atoms. The van der Waals surface area contributed by atoms with E-state index in [0.717, 1.165) is 36.0 Å². The Hall–Kier alpha value is -1.22. The van der Waals surface area contributed by atoms with Gasteiger partial charge in [0.05, 0.1) is 26.8 Å². The largest absolute Gasteiger partial charge is 0.493 e. The first-order valence-electron chi connectivity index (χ1n) is 8.89. The molecule has 1 aromatic rings. The monoisotopic (exact) mass is 478 g/mol. The zero-order chi connectivity index (χ0) is 18.8. The fourth-order valence-corrected chi connectivity index (χ4v) is 2.46. The Bertz CT molecular complexity index is 552. The molecule has 0 amide bonds. The maximum Gasteiger partial charge on any atom is 0.191 e. The highest BCUT2D eigenvalue weighted by Gasteiger charge is 2.17. The van der Waals surface area contributed by atoms with Gasteiger partial charge < -0.3 is 25.0 Å². The first-order chi connectivity index (χ1) is 12.0. The van der Waals surface area contributed by atoms with Crippen LogP contribution in [0.25, 0.3) is 0 Å². The number of methoxy groups -OCH3 is 2. The first-order valence-corrected chi connectivity index (χ1v) is 8.89. The highest BCUT2D eigenvalue weighted by atomic mass is 127. The maximum absolute atomic E-state index is 5.43. The molecule has 0 bridgehead atoms. The number of nitrogens with one attached hydrogen (secondary N) is 2. The van der Waals surface area contributed by atoms with Crippen LogP contribution in [0.3, 0.4) is 0 Å². The molecular formula is C19H35IN4O2. The molecule has 0 saturated carbocycles. The number of benzene rings is 1. The maximum atomic E-state index is 5.43. The van der Waals surface area contributed by atoms with Gasteiger partial charge in [0.25, 0.3) is 0 Å². The van der Waals surface area contributed by atoms with Crippen LogP contribution >= 0.6 is 24.0 Å². The zero-order valence-corrected chi connectivity index (χ0v) is 19.5. The van der Waals surface area contributed by atoms with Gasteiger partial charge in [-0.3, -0.25) is 4.99 Å². The Kier molecular flexibility index (Phi) is 12.4. The fourth-order valence-electron chi connectivity index (χ4n) is 2.46.